The van der Waals surface area contributed by atoms with Gasteiger partial charge in [-0.1, -0.05) is 159 Å². The molecule has 1 aromatic heterocycles. The lowest BCUT2D eigenvalue weighted by molar-refractivity contribution is 0.660. The van der Waals surface area contributed by atoms with Gasteiger partial charge in [-0.2, -0.15) is 0 Å². The topological polar surface area (TPSA) is 16.4 Å². The fraction of sp³-hybridized carbons (Fsp3) is 0.0545. The normalized spacial score (nSPS) is 13.2. The van der Waals surface area contributed by atoms with E-state index in [0.717, 1.165) is 44.6 Å². The molecule has 0 aliphatic heterocycles. The molecule has 12 rings (SSSR count). The number of fused-ring (bicyclic) bond motifs is 12. The van der Waals surface area contributed by atoms with Crippen LogP contribution in [-0.2, 0) is 5.41 Å². The van der Waals surface area contributed by atoms with E-state index in [1.807, 2.05) is 0 Å². The van der Waals surface area contributed by atoms with Crippen molar-refractivity contribution < 1.29 is 4.42 Å². The van der Waals surface area contributed by atoms with Crippen LogP contribution in [-0.4, -0.2) is 0 Å². The zero-order chi connectivity index (χ0) is 37.8. The first-order valence-corrected chi connectivity index (χ1v) is 19.8. The zero-order valence-corrected chi connectivity index (χ0v) is 31.8. The van der Waals surface area contributed by atoms with Crippen molar-refractivity contribution in [2.75, 3.05) is 4.90 Å². The van der Waals surface area contributed by atoms with Crippen molar-refractivity contribution in [3.05, 3.63) is 199 Å². The van der Waals surface area contributed by atoms with E-state index in [-0.39, 0.29) is 5.41 Å². The molecule has 11 aromatic rings. The number of hydrogen-bond donors (Lipinski definition) is 0. The molecule has 0 saturated heterocycles. The van der Waals surface area contributed by atoms with Gasteiger partial charge in [0.15, 0.2) is 0 Å². The number of nitrogens with zero attached hydrogens (tertiary/aromatic N) is 1. The highest BCUT2D eigenvalue weighted by molar-refractivity contribution is 6.24. The Kier molecular flexibility index (Phi) is 6.72. The molecule has 0 saturated carbocycles. The minimum Gasteiger partial charge on any atom is -0.456 e. The number of para-hydroxylation sites is 1. The van der Waals surface area contributed by atoms with Gasteiger partial charge in [-0.05, 0) is 108 Å². The highest BCUT2D eigenvalue weighted by Gasteiger charge is 2.36. The molecule has 0 atom stereocenters. The molecule has 1 heterocycles. The molecular weight excluding hydrogens is 691 g/mol. The highest BCUT2D eigenvalue weighted by Crippen LogP contribution is 2.54. The molecular formula is C55H37NO. The Morgan fingerprint density at radius 3 is 1.74 bits per heavy atom. The van der Waals surface area contributed by atoms with Crippen molar-refractivity contribution in [3.63, 3.8) is 0 Å². The Morgan fingerprint density at radius 2 is 0.965 bits per heavy atom. The van der Waals surface area contributed by atoms with Crippen molar-refractivity contribution in [1.82, 2.24) is 0 Å². The number of rotatable bonds is 4. The van der Waals surface area contributed by atoms with Crippen LogP contribution < -0.4 is 4.90 Å². The standard InChI is InChI=1S/C55H37NO/c1-55(2)47-25-13-11-22-42(47)43-28-27-36(33-48(43)55)56(50-32-35-16-4-6-18-38(35)40-20-9-10-23-44(40)50)49-29-30-52-54(45-24-12-14-26-51(45)57-52)53(49)46-31-34-15-3-5-17-37(34)39-19-7-8-21-41(39)46/h3-33H,1-2H3. The Hall–Kier alpha value is -7.16. The molecule has 2 nitrogen and oxygen atoms in total. The summed E-state index contributed by atoms with van der Waals surface area (Å²) in [7, 11) is 0. The molecule has 0 amide bonds. The first kappa shape index (κ1) is 32.1. The number of hydrogen-bond acceptors (Lipinski definition) is 2. The Morgan fingerprint density at radius 1 is 0.386 bits per heavy atom. The predicted molar refractivity (Wildman–Crippen MR) is 241 cm³/mol. The van der Waals surface area contributed by atoms with E-state index in [2.05, 4.69) is 207 Å². The van der Waals surface area contributed by atoms with E-state index in [1.54, 1.807) is 0 Å². The number of furan rings is 1. The van der Waals surface area contributed by atoms with Crippen molar-refractivity contribution in [3.8, 4) is 22.3 Å². The second-order valence-corrected chi connectivity index (χ2v) is 16.0. The maximum atomic E-state index is 6.69. The van der Waals surface area contributed by atoms with Crippen LogP contribution in [0, 0.1) is 0 Å². The molecule has 268 valence electrons. The van der Waals surface area contributed by atoms with E-state index in [1.165, 1.54) is 70.9 Å². The average molecular weight is 728 g/mol. The molecule has 57 heavy (non-hydrogen) atoms. The second kappa shape index (κ2) is 11.9. The summed E-state index contributed by atoms with van der Waals surface area (Å²) in [5.74, 6) is 0. The van der Waals surface area contributed by atoms with Gasteiger partial charge in [0, 0.05) is 32.8 Å². The summed E-state index contributed by atoms with van der Waals surface area (Å²) in [5, 5.41) is 12.0. The lowest BCUT2D eigenvalue weighted by Gasteiger charge is -2.31. The first-order chi connectivity index (χ1) is 28.0. The van der Waals surface area contributed by atoms with Gasteiger partial charge in [-0.3, -0.25) is 0 Å². The Labute approximate surface area is 330 Å². The third kappa shape index (κ3) is 4.59. The summed E-state index contributed by atoms with van der Waals surface area (Å²) < 4.78 is 6.69. The van der Waals surface area contributed by atoms with Gasteiger partial charge in [0.1, 0.15) is 11.2 Å². The molecule has 1 aliphatic carbocycles. The molecule has 2 heteroatoms. The third-order valence-corrected chi connectivity index (χ3v) is 12.6. The van der Waals surface area contributed by atoms with Gasteiger partial charge in [0.2, 0.25) is 0 Å². The van der Waals surface area contributed by atoms with Crippen molar-refractivity contribution in [2.24, 2.45) is 0 Å². The minimum atomic E-state index is -0.166. The average Bonchev–Trinajstić information content (AvgIpc) is 3.75. The number of anilines is 3. The van der Waals surface area contributed by atoms with Gasteiger partial charge >= 0.3 is 0 Å². The van der Waals surface area contributed by atoms with Crippen LogP contribution in [0.25, 0.3) is 87.3 Å². The lowest BCUT2D eigenvalue weighted by Crippen LogP contribution is -2.17. The van der Waals surface area contributed by atoms with Crippen LogP contribution >= 0.6 is 0 Å². The quantitative estimate of drug-likeness (QED) is 0.168. The summed E-state index contributed by atoms with van der Waals surface area (Å²) in [6.45, 7) is 4.74. The Balaban J connectivity index is 1.26. The summed E-state index contributed by atoms with van der Waals surface area (Å²) in [4.78, 5) is 2.54. The zero-order valence-electron chi connectivity index (χ0n) is 31.8. The van der Waals surface area contributed by atoms with Crippen molar-refractivity contribution >= 4 is 82.1 Å². The fourth-order valence-corrected chi connectivity index (χ4v) is 9.98. The maximum absolute atomic E-state index is 6.69. The molecule has 0 bridgehead atoms. The van der Waals surface area contributed by atoms with E-state index in [0.29, 0.717) is 0 Å². The summed E-state index contributed by atoms with van der Waals surface area (Å²) >= 11 is 0. The molecule has 0 N–H and O–H groups in total. The summed E-state index contributed by atoms with van der Waals surface area (Å²) in [6, 6.07) is 69.1. The van der Waals surface area contributed by atoms with Crippen molar-refractivity contribution in [2.45, 2.75) is 19.3 Å². The molecule has 0 fully saturated rings. The second-order valence-electron chi connectivity index (χ2n) is 16.0. The van der Waals surface area contributed by atoms with Crippen molar-refractivity contribution in [1.29, 1.82) is 0 Å². The van der Waals surface area contributed by atoms with E-state index < -0.39 is 0 Å². The van der Waals surface area contributed by atoms with E-state index in [9.17, 15) is 0 Å². The summed E-state index contributed by atoms with van der Waals surface area (Å²) in [5.41, 5.74) is 12.6. The van der Waals surface area contributed by atoms with Crippen LogP contribution in [0.1, 0.15) is 25.0 Å². The van der Waals surface area contributed by atoms with Gasteiger partial charge in [-0.25, -0.2) is 0 Å². The smallest absolute Gasteiger partial charge is 0.136 e. The van der Waals surface area contributed by atoms with Gasteiger partial charge in [-0.15, -0.1) is 0 Å². The minimum absolute atomic E-state index is 0.166. The number of benzene rings is 10. The SMILES string of the molecule is CC1(C)c2ccccc2-c2ccc(N(c3ccc4oc5ccccc5c4c3-c3cc4ccccc4c4ccccc34)c3cc4ccccc4c4ccccc34)cc21. The largest absolute Gasteiger partial charge is 0.456 e. The molecule has 10 aromatic carbocycles. The lowest BCUT2D eigenvalue weighted by atomic mass is 9.82. The monoisotopic (exact) mass is 727 g/mol. The predicted octanol–water partition coefficient (Wildman–Crippen LogP) is 15.6. The third-order valence-electron chi connectivity index (χ3n) is 12.6. The first-order valence-electron chi connectivity index (χ1n) is 19.8. The van der Waals surface area contributed by atoms with Gasteiger partial charge in [0.05, 0.1) is 11.4 Å². The van der Waals surface area contributed by atoms with Crippen LogP contribution in [0.15, 0.2) is 192 Å². The molecule has 0 spiro atoms. The van der Waals surface area contributed by atoms with Crippen LogP contribution in [0.3, 0.4) is 0 Å². The van der Waals surface area contributed by atoms with E-state index >= 15 is 0 Å². The molecule has 0 radical (unpaired) electrons. The summed E-state index contributed by atoms with van der Waals surface area (Å²) in [6.07, 6.45) is 0. The molecule has 0 unspecified atom stereocenters. The highest BCUT2D eigenvalue weighted by atomic mass is 16.3. The fourth-order valence-electron chi connectivity index (χ4n) is 9.98. The van der Waals surface area contributed by atoms with Gasteiger partial charge < -0.3 is 9.32 Å². The molecule has 1 aliphatic rings. The van der Waals surface area contributed by atoms with E-state index in [4.69, 9.17) is 4.42 Å². The van der Waals surface area contributed by atoms with Crippen LogP contribution in [0.5, 0.6) is 0 Å². The van der Waals surface area contributed by atoms with Gasteiger partial charge in [0.25, 0.3) is 0 Å². The Bertz CT molecular complexity index is 3460. The maximum Gasteiger partial charge on any atom is 0.136 e. The van der Waals surface area contributed by atoms with Crippen LogP contribution in [0.2, 0.25) is 0 Å². The van der Waals surface area contributed by atoms with Crippen LogP contribution in [0.4, 0.5) is 17.1 Å².